The third kappa shape index (κ3) is 2.83. The minimum atomic E-state index is -3.88. The molecule has 0 saturated heterocycles. The van der Waals surface area contributed by atoms with Gasteiger partial charge in [-0.05, 0) is 12.1 Å². The van der Waals surface area contributed by atoms with Crippen LogP contribution in [0.4, 0.5) is 11.4 Å². The van der Waals surface area contributed by atoms with Crippen LogP contribution in [0.1, 0.15) is 0 Å². The highest BCUT2D eigenvalue weighted by molar-refractivity contribution is 7.90. The highest BCUT2D eigenvalue weighted by atomic mass is 32.2. The van der Waals surface area contributed by atoms with E-state index < -0.39 is 10.2 Å². The van der Waals surface area contributed by atoms with Crippen molar-refractivity contribution in [2.24, 2.45) is 5.14 Å². The molecule has 80 valence electrons. The van der Waals surface area contributed by atoms with E-state index in [1.807, 2.05) is 4.72 Å². The average molecular weight is 227 g/mol. The molecule has 0 atom stereocenters. The largest absolute Gasteiger partial charge is 0.508 e. The van der Waals surface area contributed by atoms with Crippen molar-refractivity contribution in [1.29, 1.82) is 0 Å². The molecular weight excluding hydrogens is 218 g/mol. The van der Waals surface area contributed by atoms with E-state index >= 15 is 0 Å². The van der Waals surface area contributed by atoms with Crippen molar-refractivity contribution in [3.63, 3.8) is 0 Å². The fraction of sp³-hybridized carbons (Fsp3) is 0.125. The first-order valence-corrected chi connectivity index (χ1v) is 5.37. The SMILES string of the molecule is [C-]#[N+]c1c(NS(N)(=O)=O)cccc1OC. The lowest BCUT2D eigenvalue weighted by Gasteiger charge is -2.08. The van der Waals surface area contributed by atoms with Crippen molar-refractivity contribution in [3.05, 3.63) is 29.6 Å². The molecule has 0 radical (unpaired) electrons. The first-order valence-electron chi connectivity index (χ1n) is 3.83. The van der Waals surface area contributed by atoms with E-state index in [1.54, 1.807) is 12.1 Å². The molecule has 0 aliphatic rings. The number of rotatable bonds is 3. The second-order valence-corrected chi connectivity index (χ2v) is 3.91. The Hall–Kier alpha value is -1.78. The molecule has 0 bridgehead atoms. The number of hydrogen-bond acceptors (Lipinski definition) is 3. The Morgan fingerprint density at radius 2 is 2.20 bits per heavy atom. The Morgan fingerprint density at radius 3 is 2.67 bits per heavy atom. The van der Waals surface area contributed by atoms with Gasteiger partial charge >= 0.3 is 0 Å². The third-order valence-electron chi connectivity index (χ3n) is 1.58. The molecule has 1 aromatic carbocycles. The van der Waals surface area contributed by atoms with Gasteiger partial charge in [0.25, 0.3) is 15.9 Å². The second kappa shape index (κ2) is 4.16. The second-order valence-electron chi connectivity index (χ2n) is 2.62. The van der Waals surface area contributed by atoms with Gasteiger partial charge in [0.2, 0.25) is 0 Å². The van der Waals surface area contributed by atoms with E-state index in [2.05, 4.69) is 4.85 Å². The molecule has 0 fully saturated rings. The molecule has 0 aromatic heterocycles. The number of anilines is 1. The lowest BCUT2D eigenvalue weighted by atomic mass is 10.2. The van der Waals surface area contributed by atoms with Crippen molar-refractivity contribution >= 4 is 21.6 Å². The Morgan fingerprint density at radius 1 is 1.53 bits per heavy atom. The van der Waals surface area contributed by atoms with E-state index in [4.69, 9.17) is 16.4 Å². The Balaban J connectivity index is 3.26. The molecule has 7 heteroatoms. The van der Waals surface area contributed by atoms with Gasteiger partial charge in [0.1, 0.15) is 5.75 Å². The number of hydrogen-bond donors (Lipinski definition) is 2. The van der Waals surface area contributed by atoms with Crippen molar-refractivity contribution in [2.45, 2.75) is 0 Å². The summed E-state index contributed by atoms with van der Waals surface area (Å²) in [7, 11) is -2.49. The van der Waals surface area contributed by atoms with Gasteiger partial charge in [0, 0.05) is 0 Å². The lowest BCUT2D eigenvalue weighted by Crippen LogP contribution is -2.21. The molecule has 0 heterocycles. The van der Waals surface area contributed by atoms with Gasteiger partial charge < -0.3 is 4.74 Å². The summed E-state index contributed by atoms with van der Waals surface area (Å²) >= 11 is 0. The quantitative estimate of drug-likeness (QED) is 0.751. The van der Waals surface area contributed by atoms with Gasteiger partial charge in [-0.1, -0.05) is 6.07 Å². The molecule has 0 aliphatic heterocycles. The molecule has 0 amide bonds. The molecular formula is C8H9N3O3S. The Bertz CT molecular complexity index is 504. The van der Waals surface area contributed by atoms with Gasteiger partial charge in [0.05, 0.1) is 19.4 Å². The zero-order valence-electron chi connectivity index (χ0n) is 7.89. The predicted molar refractivity (Wildman–Crippen MR) is 56.0 cm³/mol. The number of nitrogens with one attached hydrogen (secondary N) is 1. The van der Waals surface area contributed by atoms with E-state index in [1.165, 1.54) is 13.2 Å². The number of methoxy groups -OCH3 is 1. The minimum absolute atomic E-state index is 0.0778. The molecule has 0 unspecified atom stereocenters. The predicted octanol–water partition coefficient (Wildman–Crippen LogP) is 0.861. The van der Waals surface area contributed by atoms with E-state index in [0.717, 1.165) is 0 Å². The van der Waals surface area contributed by atoms with Crippen LogP contribution in [0, 0.1) is 6.57 Å². The van der Waals surface area contributed by atoms with Crippen molar-refractivity contribution in [1.82, 2.24) is 0 Å². The molecule has 0 spiro atoms. The zero-order valence-corrected chi connectivity index (χ0v) is 8.71. The fourth-order valence-electron chi connectivity index (χ4n) is 1.04. The van der Waals surface area contributed by atoms with Gasteiger partial charge in [-0.25, -0.2) is 9.98 Å². The summed E-state index contributed by atoms with van der Waals surface area (Å²) in [5.74, 6) is 0.290. The van der Waals surface area contributed by atoms with Gasteiger partial charge in [-0.15, -0.1) is 0 Å². The molecule has 0 aliphatic carbocycles. The van der Waals surface area contributed by atoms with Crippen LogP contribution in [0.3, 0.4) is 0 Å². The smallest absolute Gasteiger partial charge is 0.295 e. The van der Waals surface area contributed by atoms with Crippen LogP contribution in [0.5, 0.6) is 5.75 Å². The summed E-state index contributed by atoms with van der Waals surface area (Å²) in [6.07, 6.45) is 0. The maximum atomic E-state index is 10.8. The van der Waals surface area contributed by atoms with Crippen LogP contribution in [-0.4, -0.2) is 15.5 Å². The average Bonchev–Trinajstić information content (AvgIpc) is 2.15. The van der Waals surface area contributed by atoms with Gasteiger partial charge in [-0.3, -0.25) is 4.72 Å². The number of nitrogens with two attached hydrogens (primary N) is 1. The summed E-state index contributed by atoms with van der Waals surface area (Å²) in [5.41, 5.74) is 0.181. The number of para-hydroxylation sites is 1. The lowest BCUT2D eigenvalue weighted by molar-refractivity contribution is 0.417. The Kier molecular flexibility index (Phi) is 3.14. The monoisotopic (exact) mass is 227 g/mol. The molecule has 0 saturated carbocycles. The summed E-state index contributed by atoms with van der Waals surface area (Å²) in [5, 5.41) is 4.80. The van der Waals surface area contributed by atoms with Crippen LogP contribution >= 0.6 is 0 Å². The number of nitrogens with zero attached hydrogens (tertiary/aromatic N) is 1. The van der Waals surface area contributed by atoms with E-state index in [-0.39, 0.29) is 11.4 Å². The van der Waals surface area contributed by atoms with Crippen molar-refractivity contribution in [2.75, 3.05) is 11.8 Å². The Labute approximate surface area is 87.7 Å². The first kappa shape index (κ1) is 11.3. The summed E-state index contributed by atoms with van der Waals surface area (Å²) < 4.78 is 28.5. The van der Waals surface area contributed by atoms with Crippen LogP contribution < -0.4 is 14.6 Å². The zero-order chi connectivity index (χ0) is 11.5. The van der Waals surface area contributed by atoms with Crippen LogP contribution in [-0.2, 0) is 10.2 Å². The van der Waals surface area contributed by atoms with Gasteiger partial charge in [0.15, 0.2) is 0 Å². The van der Waals surface area contributed by atoms with E-state index in [9.17, 15) is 8.42 Å². The summed E-state index contributed by atoms with van der Waals surface area (Å²) in [6, 6.07) is 4.54. The van der Waals surface area contributed by atoms with Crippen molar-refractivity contribution in [3.8, 4) is 5.75 Å². The highest BCUT2D eigenvalue weighted by Crippen LogP contribution is 2.35. The number of benzene rings is 1. The van der Waals surface area contributed by atoms with Crippen LogP contribution in [0.2, 0.25) is 0 Å². The van der Waals surface area contributed by atoms with Gasteiger partial charge in [-0.2, -0.15) is 8.42 Å². The van der Waals surface area contributed by atoms with Crippen LogP contribution in [0.15, 0.2) is 18.2 Å². The molecule has 6 nitrogen and oxygen atoms in total. The first-order chi connectivity index (χ1) is 6.98. The number of ether oxygens (including phenoxy) is 1. The normalized spacial score (nSPS) is 10.5. The molecule has 1 rings (SSSR count). The maximum Gasteiger partial charge on any atom is 0.295 e. The molecule has 15 heavy (non-hydrogen) atoms. The molecule has 1 aromatic rings. The molecule has 3 N–H and O–H groups in total. The minimum Gasteiger partial charge on any atom is -0.508 e. The van der Waals surface area contributed by atoms with Crippen molar-refractivity contribution < 1.29 is 13.2 Å². The fourth-order valence-corrected chi connectivity index (χ4v) is 1.51. The van der Waals surface area contributed by atoms with E-state index in [0.29, 0.717) is 5.75 Å². The standard InChI is InChI=1S/C8H9N3O3S/c1-10-8-6(11-15(9,12)13)4-3-5-7(8)14-2/h3-5,11H,2H3,(H2,9,12,13). The third-order valence-corrected chi connectivity index (χ3v) is 2.09. The summed E-state index contributed by atoms with van der Waals surface area (Å²) in [6.45, 7) is 6.91. The summed E-state index contributed by atoms with van der Waals surface area (Å²) in [4.78, 5) is 3.17. The van der Waals surface area contributed by atoms with Crippen LogP contribution in [0.25, 0.3) is 4.85 Å². The maximum absolute atomic E-state index is 10.8. The highest BCUT2D eigenvalue weighted by Gasteiger charge is 2.11. The topological polar surface area (TPSA) is 85.8 Å².